The molecule has 2 N–H and O–H groups in total. The van der Waals surface area contributed by atoms with Crippen LogP contribution in [-0.2, 0) is 16.6 Å². The molecule has 0 fully saturated rings. The number of nitro benzene ring substituents is 1. The SMILES string of the molecule is O=C(Nc1cccnc1)c1ccc(CNS(=O)(=O)c2ccc([N+](=O)[O-])cc2)cc1. The van der Waals surface area contributed by atoms with Crippen molar-refractivity contribution in [3.05, 3.63) is 94.3 Å². The number of aromatic nitrogens is 1. The summed E-state index contributed by atoms with van der Waals surface area (Å²) in [7, 11) is -3.83. The molecule has 3 aromatic rings. The van der Waals surface area contributed by atoms with Gasteiger partial charge in [0, 0.05) is 30.4 Å². The summed E-state index contributed by atoms with van der Waals surface area (Å²) in [4.78, 5) is 26.1. The van der Waals surface area contributed by atoms with Gasteiger partial charge >= 0.3 is 0 Å². The number of carbonyl (C=O) groups is 1. The molecule has 0 atom stereocenters. The van der Waals surface area contributed by atoms with E-state index in [0.29, 0.717) is 16.8 Å². The van der Waals surface area contributed by atoms with Crippen LogP contribution in [0.4, 0.5) is 11.4 Å². The summed E-state index contributed by atoms with van der Waals surface area (Å²) in [6, 6.07) is 14.5. The molecule has 29 heavy (non-hydrogen) atoms. The Hall–Kier alpha value is -3.63. The molecule has 0 aliphatic heterocycles. The Morgan fingerprint density at radius 1 is 1.03 bits per heavy atom. The summed E-state index contributed by atoms with van der Waals surface area (Å²) in [5, 5.41) is 13.4. The molecular weight excluding hydrogens is 396 g/mol. The monoisotopic (exact) mass is 412 g/mol. The first kappa shape index (κ1) is 20.1. The van der Waals surface area contributed by atoms with Crippen LogP contribution >= 0.6 is 0 Å². The van der Waals surface area contributed by atoms with Gasteiger partial charge in [0.1, 0.15) is 0 Å². The number of sulfonamides is 1. The second-order valence-electron chi connectivity index (χ2n) is 5.97. The zero-order valence-corrected chi connectivity index (χ0v) is 15.8. The quantitative estimate of drug-likeness (QED) is 0.453. The summed E-state index contributed by atoms with van der Waals surface area (Å²) in [5.41, 5.74) is 1.44. The molecule has 0 radical (unpaired) electrons. The van der Waals surface area contributed by atoms with Gasteiger partial charge in [-0.3, -0.25) is 19.9 Å². The molecule has 1 aromatic heterocycles. The van der Waals surface area contributed by atoms with Crippen molar-refractivity contribution in [2.45, 2.75) is 11.4 Å². The van der Waals surface area contributed by atoms with Crippen LogP contribution in [0.3, 0.4) is 0 Å². The van der Waals surface area contributed by atoms with Crippen molar-refractivity contribution in [3.8, 4) is 0 Å². The van der Waals surface area contributed by atoms with Crippen molar-refractivity contribution in [3.63, 3.8) is 0 Å². The van der Waals surface area contributed by atoms with Crippen molar-refractivity contribution < 1.29 is 18.1 Å². The van der Waals surface area contributed by atoms with Crippen LogP contribution in [-0.4, -0.2) is 24.2 Å². The number of hydrogen-bond acceptors (Lipinski definition) is 6. The lowest BCUT2D eigenvalue weighted by molar-refractivity contribution is -0.384. The Morgan fingerprint density at radius 2 is 1.72 bits per heavy atom. The smallest absolute Gasteiger partial charge is 0.269 e. The van der Waals surface area contributed by atoms with Crippen LogP contribution in [0.1, 0.15) is 15.9 Å². The second kappa shape index (κ2) is 8.59. The van der Waals surface area contributed by atoms with Gasteiger partial charge in [0.05, 0.1) is 21.7 Å². The Morgan fingerprint density at radius 3 is 2.31 bits per heavy atom. The van der Waals surface area contributed by atoms with Crippen molar-refractivity contribution in [2.75, 3.05) is 5.32 Å². The molecule has 1 heterocycles. The van der Waals surface area contributed by atoms with E-state index in [1.54, 1.807) is 42.6 Å². The number of nitrogens with zero attached hydrogens (tertiary/aromatic N) is 2. The number of rotatable bonds is 7. The molecule has 0 saturated carbocycles. The summed E-state index contributed by atoms with van der Waals surface area (Å²) < 4.78 is 27.1. The molecule has 0 bridgehead atoms. The molecule has 0 aliphatic carbocycles. The van der Waals surface area contributed by atoms with Gasteiger partial charge in [-0.2, -0.15) is 0 Å². The normalized spacial score (nSPS) is 11.0. The van der Waals surface area contributed by atoms with E-state index < -0.39 is 14.9 Å². The van der Waals surface area contributed by atoms with Gasteiger partial charge in [0.25, 0.3) is 11.6 Å². The lowest BCUT2D eigenvalue weighted by Gasteiger charge is -2.08. The van der Waals surface area contributed by atoms with Gasteiger partial charge < -0.3 is 5.32 Å². The fraction of sp³-hybridized carbons (Fsp3) is 0.0526. The minimum Gasteiger partial charge on any atom is -0.321 e. The maximum Gasteiger partial charge on any atom is 0.269 e. The number of nitrogens with one attached hydrogen (secondary N) is 2. The molecule has 0 saturated heterocycles. The number of hydrogen-bond donors (Lipinski definition) is 2. The highest BCUT2D eigenvalue weighted by atomic mass is 32.2. The number of nitro groups is 1. The minimum atomic E-state index is -3.83. The fourth-order valence-electron chi connectivity index (χ4n) is 2.42. The van der Waals surface area contributed by atoms with E-state index in [4.69, 9.17) is 0 Å². The van der Waals surface area contributed by atoms with Gasteiger partial charge in [-0.1, -0.05) is 12.1 Å². The summed E-state index contributed by atoms with van der Waals surface area (Å²) in [6.45, 7) is 0.00379. The predicted molar refractivity (Wildman–Crippen MR) is 106 cm³/mol. The lowest BCUT2D eigenvalue weighted by Crippen LogP contribution is -2.23. The fourth-order valence-corrected chi connectivity index (χ4v) is 3.44. The molecular formula is C19H16N4O5S. The van der Waals surface area contributed by atoms with Gasteiger partial charge in [-0.15, -0.1) is 0 Å². The average molecular weight is 412 g/mol. The number of non-ortho nitro benzene ring substituents is 1. The molecule has 1 amide bonds. The van der Waals surface area contributed by atoms with Crippen molar-refractivity contribution >= 4 is 27.3 Å². The standard InChI is InChI=1S/C19H16N4O5S/c24-19(22-16-2-1-11-20-13-16)15-5-3-14(4-6-15)12-21-29(27,28)18-9-7-17(8-10-18)23(25)26/h1-11,13,21H,12H2,(H,22,24). The third kappa shape index (κ3) is 5.21. The largest absolute Gasteiger partial charge is 0.321 e. The number of pyridine rings is 1. The lowest BCUT2D eigenvalue weighted by atomic mass is 10.1. The van der Waals surface area contributed by atoms with E-state index in [-0.39, 0.29) is 23.0 Å². The van der Waals surface area contributed by atoms with E-state index in [1.807, 2.05) is 0 Å². The number of amides is 1. The summed E-state index contributed by atoms with van der Waals surface area (Å²) >= 11 is 0. The van der Waals surface area contributed by atoms with Crippen molar-refractivity contribution in [1.29, 1.82) is 0 Å². The average Bonchev–Trinajstić information content (AvgIpc) is 2.73. The van der Waals surface area contributed by atoms with E-state index in [2.05, 4.69) is 15.0 Å². The van der Waals surface area contributed by atoms with Crippen LogP contribution in [0.25, 0.3) is 0 Å². The highest BCUT2D eigenvalue weighted by Gasteiger charge is 2.15. The Kier molecular flexibility index (Phi) is 5.96. The highest BCUT2D eigenvalue weighted by Crippen LogP contribution is 2.16. The first-order valence-electron chi connectivity index (χ1n) is 8.39. The molecule has 0 aliphatic rings. The first-order valence-corrected chi connectivity index (χ1v) is 9.88. The Bertz CT molecular complexity index is 1120. The van der Waals surface area contributed by atoms with Crippen molar-refractivity contribution in [1.82, 2.24) is 9.71 Å². The molecule has 148 valence electrons. The maximum absolute atomic E-state index is 12.3. The molecule has 10 heteroatoms. The van der Waals surface area contributed by atoms with Gasteiger partial charge in [-0.25, -0.2) is 13.1 Å². The van der Waals surface area contributed by atoms with Crippen LogP contribution in [0, 0.1) is 10.1 Å². The molecule has 9 nitrogen and oxygen atoms in total. The Labute approximate surface area is 166 Å². The predicted octanol–water partition coefficient (Wildman–Crippen LogP) is 2.72. The zero-order valence-electron chi connectivity index (χ0n) is 15.0. The van der Waals surface area contributed by atoms with E-state index in [1.165, 1.54) is 18.3 Å². The number of anilines is 1. The van der Waals surface area contributed by atoms with Gasteiger partial charge in [0.15, 0.2) is 0 Å². The summed E-state index contributed by atoms with van der Waals surface area (Å²) in [6.07, 6.45) is 3.13. The third-order valence-electron chi connectivity index (χ3n) is 3.96. The highest BCUT2D eigenvalue weighted by molar-refractivity contribution is 7.89. The molecule has 3 rings (SSSR count). The van der Waals surface area contributed by atoms with Gasteiger partial charge in [0.2, 0.25) is 10.0 Å². The van der Waals surface area contributed by atoms with Crippen LogP contribution in [0.15, 0.2) is 78.0 Å². The van der Waals surface area contributed by atoms with Crippen LogP contribution in [0.5, 0.6) is 0 Å². The minimum absolute atomic E-state index is 0.00379. The number of benzene rings is 2. The van der Waals surface area contributed by atoms with Crippen LogP contribution in [0.2, 0.25) is 0 Å². The topological polar surface area (TPSA) is 131 Å². The first-order chi connectivity index (χ1) is 13.8. The van der Waals surface area contributed by atoms with Gasteiger partial charge in [-0.05, 0) is 42.0 Å². The maximum atomic E-state index is 12.3. The second-order valence-corrected chi connectivity index (χ2v) is 7.74. The number of carbonyl (C=O) groups excluding carboxylic acids is 1. The van der Waals surface area contributed by atoms with Crippen LogP contribution < -0.4 is 10.0 Å². The van der Waals surface area contributed by atoms with E-state index in [9.17, 15) is 23.3 Å². The van der Waals surface area contributed by atoms with E-state index in [0.717, 1.165) is 12.1 Å². The molecule has 0 unspecified atom stereocenters. The van der Waals surface area contributed by atoms with E-state index >= 15 is 0 Å². The summed E-state index contributed by atoms with van der Waals surface area (Å²) in [5.74, 6) is -0.309. The molecule has 0 spiro atoms. The Balaban J connectivity index is 1.62. The third-order valence-corrected chi connectivity index (χ3v) is 5.38. The molecule has 2 aromatic carbocycles. The zero-order chi connectivity index (χ0) is 20.9. The van der Waals surface area contributed by atoms with Crippen molar-refractivity contribution in [2.24, 2.45) is 0 Å².